The Hall–Kier alpha value is 9.69. The quantitative estimate of drug-likeness (QED) is 0.0199. The molecule has 0 heterocycles. The average Bonchev–Trinajstić information content (AvgIpc) is 0.730. The largest absolute Gasteiger partial charge is 1.00 e. The van der Waals surface area contributed by atoms with Crippen molar-refractivity contribution in [3.63, 3.8) is 0 Å². The fourth-order valence-electron chi connectivity index (χ4n) is 8.09. The van der Waals surface area contributed by atoms with Crippen molar-refractivity contribution >= 4 is 205 Å². The van der Waals surface area contributed by atoms with Gasteiger partial charge in [0, 0.05) is 97.4 Å². The predicted molar refractivity (Wildman–Crippen MR) is 366 cm³/mol. The maximum atomic E-state index is 10.7. The van der Waals surface area contributed by atoms with Gasteiger partial charge in [-0.15, -0.1) is 34.4 Å². The second-order valence-electron chi connectivity index (χ2n) is 23.1. The number of rotatable bonds is 42. The minimum Gasteiger partial charge on any atom is -0.810 e. The monoisotopic (exact) mass is 2700 g/mol. The van der Waals surface area contributed by atoms with Gasteiger partial charge in [0.2, 0.25) is 26.3 Å². The van der Waals surface area contributed by atoms with Gasteiger partial charge in [-0.2, -0.15) is 0 Å². The molecule has 834 valence electrons. The van der Waals surface area contributed by atoms with Crippen LogP contribution in [0.3, 0.4) is 0 Å². The zero-order chi connectivity index (χ0) is 116. The molecule has 0 saturated heterocycles. The van der Waals surface area contributed by atoms with Crippen LogP contribution in [0.1, 0.15) is 0 Å². The van der Waals surface area contributed by atoms with Gasteiger partial charge in [0.1, 0.15) is 0 Å². The van der Waals surface area contributed by atoms with E-state index in [2.05, 4.69) is 0 Å². The first-order valence-corrected chi connectivity index (χ1v) is 72.3. The van der Waals surface area contributed by atoms with Crippen molar-refractivity contribution in [2.45, 2.75) is 26.3 Å². The van der Waals surface area contributed by atoms with Crippen molar-refractivity contribution in [3.8, 4) is 0 Å². The van der Waals surface area contributed by atoms with E-state index in [1.807, 2.05) is 0 Å². The average molecular weight is 2700 g/mol. The zero-order valence-electron chi connectivity index (χ0n) is 69.7. The van der Waals surface area contributed by atoms with Crippen molar-refractivity contribution in [1.29, 1.82) is 0 Å². The van der Waals surface area contributed by atoms with Crippen molar-refractivity contribution in [1.82, 2.24) is 49.1 Å². The molecule has 0 unspecified atom stereocenters. The molecule has 144 heavy (non-hydrogen) atoms. The van der Waals surface area contributed by atoms with Crippen LogP contribution in [-0.4, -0.2) is 256 Å². The van der Waals surface area contributed by atoms with Crippen molar-refractivity contribution in [2.24, 2.45) is 0 Å². The van der Waals surface area contributed by atoms with Gasteiger partial charge in [-0.3, -0.25) is 69.5 Å². The van der Waals surface area contributed by atoms with Gasteiger partial charge in [0.25, 0.3) is 0 Å². The van der Waals surface area contributed by atoms with Crippen LogP contribution < -0.4 is 359 Å². The van der Waals surface area contributed by atoms with E-state index in [-0.39, 0.29) is 256 Å². The summed E-state index contributed by atoms with van der Waals surface area (Å²) in [5, 5.41) is 0. The van der Waals surface area contributed by atoms with E-state index in [4.69, 9.17) is 152 Å². The molecule has 0 aliphatic carbocycles. The second-order valence-corrected chi connectivity index (χ2v) is 81.4. The molecule has 0 aromatic carbocycles. The van der Waals surface area contributed by atoms with Crippen LogP contribution in [0.4, 0.5) is 0 Å². The third-order valence-corrected chi connectivity index (χ3v) is 87.7. The molecule has 90 nitrogen and oxygen atoms in total. The van der Waals surface area contributed by atoms with Gasteiger partial charge in [-0.25, -0.2) is 0 Å². The fraction of sp³-hybridized carbons (Fsp3) is 1.00. The Labute approximate surface area is 932 Å². The first kappa shape index (κ1) is 186. The normalized spacial score (nSPS) is 14.4. The molecular weight excluding hydrogens is 2650 g/mol. The molecule has 0 amide bonds. The zero-order valence-corrected chi connectivity index (χ0v) is 106. The Balaban J connectivity index is -0.0000000998. The maximum Gasteiger partial charge on any atom is 1.00 e. The van der Waals surface area contributed by atoms with Gasteiger partial charge < -0.3 is 333 Å². The summed E-state index contributed by atoms with van der Waals surface area (Å²) in [5.74, 6) is 0. The second kappa shape index (κ2) is 65.5. The van der Waals surface area contributed by atoms with Crippen LogP contribution in [0.2, 0.25) is 0 Å². The smallest absolute Gasteiger partial charge is 0.810 e. The molecule has 0 atom stereocenters. The van der Waals surface area contributed by atoms with Crippen LogP contribution in [0.5, 0.6) is 0 Å². The molecule has 24 N–H and O–H groups in total. The molecule has 0 spiro atoms. The van der Waals surface area contributed by atoms with Gasteiger partial charge in [-0.05, 0) is 91.1 Å². The molecule has 0 aliphatic rings. The molecule has 123 heteroatoms. The minimum atomic E-state index is -7.19. The van der Waals surface area contributed by atoms with Crippen molar-refractivity contribution < 1.29 is 565 Å². The summed E-state index contributed by atoms with van der Waals surface area (Å²) in [6, 6.07) is 0. The van der Waals surface area contributed by atoms with Crippen LogP contribution in [-0.2, 0) is 123 Å². The van der Waals surface area contributed by atoms with E-state index in [0.717, 1.165) is 0 Å². The van der Waals surface area contributed by atoms with E-state index in [1.165, 1.54) is 14.7 Å². The summed E-state index contributed by atoms with van der Waals surface area (Å²) < 4.78 is 252. The van der Waals surface area contributed by atoms with E-state index in [0.29, 0.717) is 0 Å². The Bertz CT molecular complexity index is 4060. The third-order valence-electron chi connectivity index (χ3n) is 12.7. The molecule has 0 aliphatic heterocycles. The molecular formula is C21H54N9Na6O81P27-24. The standard InChI is InChI=1S/3C5H12N3O3P.6CH8O12P4.6Na/c3*6-1-3-8(4-2-7)5-12(9,10)11;6*2-14(3,4)1(15(5,6)7,16(8,9)10)17(11,12)13;;;;;;/h3*1-5H2,(H2,9,10,11);6*(H2,2,3,4)(H2,5,6,7)(H2,8,9,10)(H2,11,12,13);;;;;;/q;;;;;;;;;6*+1/p-30. The SMILES string of the molecule is O=P([O-])([O-])C(P(=O)([O-])[O-])(P(=O)(O)O)P(=O)(O)O.O=P([O-])([O-])C(P(=O)([O-])[O-])(P(=O)(O)O)P(=O)(O)O.O=P([O-])([O-])C(P(=O)([O-])[O-])(P(=O)(O)O)P(=O)(O)O.O=P([O-])([O-])C(P(=O)([O-])[O-])(P(=O)(O)O)P(=O)(O)O.O=P([O-])([O-])C(P(=O)([O-])[O-])(P(=O)(O)O)P(=O)(O)O.O=P([O-])([O-])C(P(=O)([O-])[O-])(P(=O)(O)O)P(=O)(O)O.[N]CCN(CC[N])CP(=O)([O-])[O-].[N]CCN(CC[N])CP(=O)([O-])[O-].[N]CCN(CC[N])CP(=O)([O-])[O-].[Na+].[Na+].[Na+].[Na+].[Na+].[Na+]. The van der Waals surface area contributed by atoms with Gasteiger partial charge in [-0.1, -0.05) is 22.8 Å². The molecule has 0 saturated carbocycles. The predicted octanol–water partition coefficient (Wildman–Crippen LogP) is -51.4. The van der Waals surface area contributed by atoms with Gasteiger partial charge in [0.05, 0.1) is 0 Å². The van der Waals surface area contributed by atoms with Crippen LogP contribution in [0.25, 0.3) is 0 Å². The van der Waals surface area contributed by atoms with E-state index in [9.17, 15) is 270 Å². The van der Waals surface area contributed by atoms with Crippen LogP contribution >= 0.6 is 205 Å². The summed E-state index contributed by atoms with van der Waals surface area (Å²) in [4.78, 5) is 519. The number of hydrogen-bond donors (Lipinski definition) is 24. The Morgan fingerprint density at radius 3 is 0.222 bits per heavy atom. The van der Waals surface area contributed by atoms with Crippen molar-refractivity contribution in [2.75, 3.05) is 97.4 Å². The summed E-state index contributed by atoms with van der Waals surface area (Å²) in [7, 11) is -182. The summed E-state index contributed by atoms with van der Waals surface area (Å²) in [6.45, 7) is -0.946. The maximum absolute atomic E-state index is 10.7. The molecule has 12 radical (unpaired) electrons. The first-order chi connectivity index (χ1) is 58.5. The molecule has 0 aromatic rings. The topological polar surface area (TPSA) is 1780 Å². The number of nitrogens with zero attached hydrogens (tertiary/aromatic N) is 9. The van der Waals surface area contributed by atoms with Crippen LogP contribution in [0.15, 0.2) is 0 Å². The minimum absolute atomic E-state index is 0. The summed E-state index contributed by atoms with van der Waals surface area (Å²) in [6.07, 6.45) is -1.93. The summed E-state index contributed by atoms with van der Waals surface area (Å²) >= 11 is 0. The summed E-state index contributed by atoms with van der Waals surface area (Å²) in [5.41, 5.74) is 50.7. The van der Waals surface area contributed by atoms with E-state index >= 15 is 0 Å². The third kappa shape index (κ3) is 51.5. The molecule has 0 aromatic heterocycles. The van der Waals surface area contributed by atoms with E-state index in [1.54, 1.807) is 0 Å². The Morgan fingerprint density at radius 2 is 0.201 bits per heavy atom. The van der Waals surface area contributed by atoms with E-state index < -0.39 is 250 Å². The Kier molecular flexibility index (Phi) is 84.7. The van der Waals surface area contributed by atoms with Crippen molar-refractivity contribution in [3.05, 3.63) is 0 Å². The molecule has 0 fully saturated rings. The van der Waals surface area contributed by atoms with Gasteiger partial charge in [0.15, 0.2) is 0 Å². The molecule has 0 bridgehead atoms. The number of hydrogen-bond acceptors (Lipinski definition) is 60. The van der Waals surface area contributed by atoms with Gasteiger partial charge >= 0.3 is 268 Å². The fourth-order valence-corrected chi connectivity index (χ4v) is 56.4. The molecule has 0 rings (SSSR count). The first-order valence-electron chi connectivity index (χ1n) is 29.3. The Morgan fingerprint density at radius 1 is 0.146 bits per heavy atom. The van der Waals surface area contributed by atoms with Crippen LogP contribution in [0, 0.1) is 0 Å².